The molecule has 0 bridgehead atoms. The van der Waals surface area contributed by atoms with Crippen molar-refractivity contribution in [3.05, 3.63) is 47.3 Å². The van der Waals surface area contributed by atoms with E-state index in [9.17, 15) is 18.0 Å². The summed E-state index contributed by atoms with van der Waals surface area (Å²) < 4.78 is 46.4. The molecule has 1 aliphatic heterocycles. The summed E-state index contributed by atoms with van der Waals surface area (Å²) in [6.45, 7) is 3.12. The summed E-state index contributed by atoms with van der Waals surface area (Å²) in [4.78, 5) is 16.3. The van der Waals surface area contributed by atoms with Gasteiger partial charge in [-0.15, -0.1) is 0 Å². The lowest BCUT2D eigenvalue weighted by Crippen LogP contribution is -2.42. The number of carbonyl (C=O) groups excluding carboxylic acids is 1. The van der Waals surface area contributed by atoms with E-state index >= 15 is 0 Å². The highest BCUT2D eigenvalue weighted by Gasteiger charge is 2.30. The summed E-state index contributed by atoms with van der Waals surface area (Å²) in [6, 6.07) is 5.54. The van der Waals surface area contributed by atoms with Gasteiger partial charge in [-0.25, -0.2) is 0 Å². The highest BCUT2D eigenvalue weighted by atomic mass is 32.1. The number of rotatable bonds is 6. The Hall–Kier alpha value is -2.00. The molecule has 0 radical (unpaired) electrons. The Bertz CT molecular complexity index is 782. The molecule has 0 N–H and O–H groups in total. The monoisotopic (exact) mass is 412 g/mol. The van der Waals surface area contributed by atoms with Crippen molar-refractivity contribution in [2.24, 2.45) is 5.92 Å². The molecule has 9 heteroatoms. The van der Waals surface area contributed by atoms with E-state index in [0.29, 0.717) is 36.7 Å². The van der Waals surface area contributed by atoms with Gasteiger partial charge < -0.3 is 9.80 Å². The fourth-order valence-corrected chi connectivity index (χ4v) is 4.03. The summed E-state index contributed by atoms with van der Waals surface area (Å²) >= 11 is 1.01. The standard InChI is InChI=1S/C19H23F3N4OS/c1-25(18(27)17-11-23-28-24-17)12-15-5-3-8-26(13-15)9-7-14-4-2-6-16(10-14)19(20,21)22/h2,4,6,10-11,15H,3,5,7-9,12-13H2,1H3/t15-/m1/s1. The third-order valence-corrected chi connectivity index (χ3v) is 5.51. The van der Waals surface area contributed by atoms with Crippen LogP contribution >= 0.6 is 11.7 Å². The van der Waals surface area contributed by atoms with E-state index in [2.05, 4.69) is 13.6 Å². The Kier molecular flexibility index (Phi) is 6.66. The number of benzene rings is 1. The van der Waals surface area contributed by atoms with Crippen LogP contribution < -0.4 is 0 Å². The number of likely N-dealkylation sites (tertiary alicyclic amines) is 1. The van der Waals surface area contributed by atoms with Gasteiger partial charge in [0, 0.05) is 26.7 Å². The number of nitrogens with zero attached hydrogens (tertiary/aromatic N) is 4. The predicted octanol–water partition coefficient (Wildman–Crippen LogP) is 3.58. The quantitative estimate of drug-likeness (QED) is 0.728. The number of hydrogen-bond acceptors (Lipinski definition) is 5. The zero-order valence-corrected chi connectivity index (χ0v) is 16.5. The van der Waals surface area contributed by atoms with Crippen LogP contribution in [-0.4, -0.2) is 57.7 Å². The fraction of sp³-hybridized carbons (Fsp3) is 0.526. The van der Waals surface area contributed by atoms with Crippen molar-refractivity contribution >= 4 is 17.6 Å². The summed E-state index contributed by atoms with van der Waals surface area (Å²) in [5.74, 6) is 0.214. The molecule has 3 rings (SSSR count). The van der Waals surface area contributed by atoms with E-state index in [1.165, 1.54) is 18.3 Å². The van der Waals surface area contributed by atoms with Gasteiger partial charge in [-0.1, -0.05) is 18.2 Å². The van der Waals surface area contributed by atoms with Crippen LogP contribution in [0.15, 0.2) is 30.5 Å². The van der Waals surface area contributed by atoms with E-state index in [1.54, 1.807) is 18.0 Å². The molecule has 0 unspecified atom stereocenters. The average molecular weight is 412 g/mol. The van der Waals surface area contributed by atoms with Crippen LogP contribution in [0.4, 0.5) is 13.2 Å². The van der Waals surface area contributed by atoms with E-state index < -0.39 is 11.7 Å². The highest BCUT2D eigenvalue weighted by molar-refractivity contribution is 6.99. The third-order valence-electron chi connectivity index (χ3n) is 5.03. The molecule has 1 aliphatic rings. The van der Waals surface area contributed by atoms with Crippen molar-refractivity contribution < 1.29 is 18.0 Å². The van der Waals surface area contributed by atoms with Crippen molar-refractivity contribution in [3.63, 3.8) is 0 Å². The maximum absolute atomic E-state index is 12.9. The molecule has 1 saturated heterocycles. The predicted molar refractivity (Wildman–Crippen MR) is 101 cm³/mol. The molecule has 2 heterocycles. The van der Waals surface area contributed by atoms with Gasteiger partial charge in [-0.05, 0) is 43.4 Å². The lowest BCUT2D eigenvalue weighted by molar-refractivity contribution is -0.137. The Morgan fingerprint density at radius 2 is 2.21 bits per heavy atom. The molecule has 0 saturated carbocycles. The molecule has 0 aliphatic carbocycles. The zero-order chi connectivity index (χ0) is 20.1. The number of carbonyl (C=O) groups is 1. The van der Waals surface area contributed by atoms with Gasteiger partial charge in [0.25, 0.3) is 5.91 Å². The minimum atomic E-state index is -4.31. The van der Waals surface area contributed by atoms with Gasteiger partial charge in [-0.3, -0.25) is 4.79 Å². The van der Waals surface area contributed by atoms with Crippen molar-refractivity contribution in [2.45, 2.75) is 25.4 Å². The normalized spacial score (nSPS) is 18.2. The van der Waals surface area contributed by atoms with E-state index in [-0.39, 0.29) is 5.91 Å². The molecule has 5 nitrogen and oxygen atoms in total. The molecule has 2 aromatic rings. The molecule has 0 spiro atoms. The summed E-state index contributed by atoms with van der Waals surface area (Å²) in [6.07, 6.45) is -0.196. The van der Waals surface area contributed by atoms with Gasteiger partial charge >= 0.3 is 6.18 Å². The molecule has 1 fully saturated rings. The number of piperidine rings is 1. The SMILES string of the molecule is CN(C[C@H]1CCCN(CCc2cccc(C(F)(F)F)c2)C1)C(=O)c1cnsn1. The summed E-state index contributed by atoms with van der Waals surface area (Å²) in [5.41, 5.74) is 0.461. The molecular weight excluding hydrogens is 389 g/mol. The Morgan fingerprint density at radius 3 is 2.93 bits per heavy atom. The van der Waals surface area contributed by atoms with Crippen LogP contribution in [0.25, 0.3) is 0 Å². The number of aromatic nitrogens is 2. The van der Waals surface area contributed by atoms with Crippen molar-refractivity contribution in [1.29, 1.82) is 0 Å². The second-order valence-electron chi connectivity index (χ2n) is 7.24. The first kappa shape index (κ1) is 20.7. The summed E-state index contributed by atoms with van der Waals surface area (Å²) in [5, 5.41) is 0. The first-order chi connectivity index (χ1) is 13.3. The van der Waals surface area contributed by atoms with Gasteiger partial charge in [0.15, 0.2) is 5.69 Å². The maximum Gasteiger partial charge on any atom is 0.416 e. The molecular formula is C19H23F3N4OS. The first-order valence-electron chi connectivity index (χ1n) is 9.24. The second kappa shape index (κ2) is 9.00. The van der Waals surface area contributed by atoms with Gasteiger partial charge in [0.05, 0.1) is 23.5 Å². The van der Waals surface area contributed by atoms with Gasteiger partial charge in [-0.2, -0.15) is 21.9 Å². The zero-order valence-electron chi connectivity index (χ0n) is 15.7. The second-order valence-corrected chi connectivity index (χ2v) is 7.79. The van der Waals surface area contributed by atoms with Crippen LogP contribution in [0, 0.1) is 5.92 Å². The van der Waals surface area contributed by atoms with E-state index in [0.717, 1.165) is 43.7 Å². The van der Waals surface area contributed by atoms with Crippen LogP contribution in [0.1, 0.15) is 34.5 Å². The highest BCUT2D eigenvalue weighted by Crippen LogP contribution is 2.29. The Balaban J connectivity index is 1.50. The number of halogens is 3. The topological polar surface area (TPSA) is 49.3 Å². The molecule has 28 heavy (non-hydrogen) atoms. The summed E-state index contributed by atoms with van der Waals surface area (Å²) in [7, 11) is 1.77. The molecule has 152 valence electrons. The van der Waals surface area contributed by atoms with Crippen LogP contribution in [0.3, 0.4) is 0 Å². The van der Waals surface area contributed by atoms with E-state index in [1.807, 2.05) is 0 Å². The van der Waals surface area contributed by atoms with E-state index in [4.69, 9.17) is 0 Å². The van der Waals surface area contributed by atoms with Gasteiger partial charge in [0.1, 0.15) is 0 Å². The van der Waals surface area contributed by atoms with Crippen LogP contribution in [0.2, 0.25) is 0 Å². The minimum absolute atomic E-state index is 0.130. The number of amides is 1. The smallest absolute Gasteiger partial charge is 0.340 e. The van der Waals surface area contributed by atoms with Gasteiger partial charge in [0.2, 0.25) is 0 Å². The Labute approximate surface area is 166 Å². The lowest BCUT2D eigenvalue weighted by atomic mass is 9.97. The fourth-order valence-electron chi connectivity index (χ4n) is 3.62. The first-order valence-corrected chi connectivity index (χ1v) is 9.97. The Morgan fingerprint density at radius 1 is 1.39 bits per heavy atom. The number of alkyl halides is 3. The molecule has 1 atom stereocenters. The maximum atomic E-state index is 12.9. The average Bonchev–Trinajstić information content (AvgIpc) is 3.20. The molecule has 1 amide bonds. The molecule has 1 aromatic heterocycles. The van der Waals surface area contributed by atoms with Crippen molar-refractivity contribution in [3.8, 4) is 0 Å². The third kappa shape index (κ3) is 5.51. The number of hydrogen-bond donors (Lipinski definition) is 0. The van der Waals surface area contributed by atoms with Crippen molar-refractivity contribution in [2.75, 3.05) is 33.2 Å². The largest absolute Gasteiger partial charge is 0.416 e. The molecule has 1 aromatic carbocycles. The minimum Gasteiger partial charge on any atom is -0.340 e. The van der Waals surface area contributed by atoms with Crippen LogP contribution in [-0.2, 0) is 12.6 Å². The lowest BCUT2D eigenvalue weighted by Gasteiger charge is -2.34. The van der Waals surface area contributed by atoms with Crippen LogP contribution in [0.5, 0.6) is 0 Å². The van der Waals surface area contributed by atoms with Crippen molar-refractivity contribution in [1.82, 2.24) is 18.5 Å².